The smallest absolute Gasteiger partial charge is 0.307 e. The molecule has 0 saturated heterocycles. The van der Waals surface area contributed by atoms with Crippen LogP contribution in [-0.4, -0.2) is 26.8 Å². The molecule has 1 aliphatic rings. The Hall–Kier alpha value is -2.67. The zero-order chi connectivity index (χ0) is 18.7. The van der Waals surface area contributed by atoms with Crippen LogP contribution in [0.4, 0.5) is 10.1 Å². The van der Waals surface area contributed by atoms with E-state index in [1.165, 1.54) is 18.3 Å². The van der Waals surface area contributed by atoms with Crippen molar-refractivity contribution in [2.24, 2.45) is 11.8 Å². The molecule has 6 nitrogen and oxygen atoms in total. The third-order valence-corrected chi connectivity index (χ3v) is 4.69. The van der Waals surface area contributed by atoms with Gasteiger partial charge in [0.1, 0.15) is 5.82 Å². The highest BCUT2D eigenvalue weighted by molar-refractivity contribution is 6.31. The molecular formula is C18H17ClFN3O3. The predicted molar refractivity (Wildman–Crippen MR) is 94.4 cm³/mol. The molecule has 2 N–H and O–H groups in total. The van der Waals surface area contributed by atoms with Crippen LogP contribution in [-0.2, 0) is 16.1 Å². The number of benzene rings is 1. The monoisotopic (exact) mass is 377 g/mol. The van der Waals surface area contributed by atoms with Crippen molar-refractivity contribution >= 4 is 29.2 Å². The summed E-state index contributed by atoms with van der Waals surface area (Å²) in [5.74, 6) is -3.08. The number of halogens is 2. The third kappa shape index (κ3) is 4.11. The fourth-order valence-electron chi connectivity index (χ4n) is 2.95. The molecule has 1 aromatic heterocycles. The van der Waals surface area contributed by atoms with Crippen LogP contribution < -0.4 is 5.32 Å². The van der Waals surface area contributed by atoms with E-state index in [-0.39, 0.29) is 5.91 Å². The van der Waals surface area contributed by atoms with Crippen LogP contribution in [0, 0.1) is 17.7 Å². The van der Waals surface area contributed by atoms with E-state index in [1.807, 2.05) is 6.08 Å². The lowest BCUT2D eigenvalue weighted by Gasteiger charge is -2.23. The van der Waals surface area contributed by atoms with Crippen molar-refractivity contribution in [1.29, 1.82) is 0 Å². The highest BCUT2D eigenvalue weighted by atomic mass is 35.5. The number of amides is 1. The van der Waals surface area contributed by atoms with Crippen molar-refractivity contribution in [3.05, 3.63) is 59.1 Å². The van der Waals surface area contributed by atoms with Gasteiger partial charge in [-0.15, -0.1) is 0 Å². The first-order valence-electron chi connectivity index (χ1n) is 8.09. The minimum atomic E-state index is -0.976. The van der Waals surface area contributed by atoms with Gasteiger partial charge in [-0.25, -0.2) is 4.39 Å². The van der Waals surface area contributed by atoms with Crippen LogP contribution in [0.3, 0.4) is 0 Å². The number of aromatic nitrogens is 2. The van der Waals surface area contributed by atoms with Crippen molar-refractivity contribution in [2.75, 3.05) is 5.32 Å². The summed E-state index contributed by atoms with van der Waals surface area (Å²) >= 11 is 6.00. The minimum Gasteiger partial charge on any atom is -0.481 e. The highest BCUT2D eigenvalue weighted by Gasteiger charge is 2.34. The number of rotatable bonds is 5. The molecule has 1 aromatic carbocycles. The molecule has 3 rings (SSSR count). The van der Waals surface area contributed by atoms with Crippen LogP contribution in [0.2, 0.25) is 5.02 Å². The van der Waals surface area contributed by atoms with E-state index < -0.39 is 23.6 Å². The summed E-state index contributed by atoms with van der Waals surface area (Å²) in [6, 6.07) is 4.12. The molecule has 136 valence electrons. The van der Waals surface area contributed by atoms with Crippen LogP contribution in [0.15, 0.2) is 42.7 Å². The standard InChI is InChI=1S/C18H17ClFN3O3/c19-16-7-12(20)6-5-11(16)9-23-10-13(8-21-23)22-17(24)14-3-1-2-4-15(14)18(25)26/h1-2,5-8,10,14-15H,3-4,9H2,(H,22,24)(H,25,26)/t14-,15+/m1/s1. The Labute approximate surface area is 154 Å². The molecule has 0 unspecified atom stereocenters. The molecule has 0 fully saturated rings. The van der Waals surface area contributed by atoms with Crippen LogP contribution in [0.5, 0.6) is 0 Å². The van der Waals surface area contributed by atoms with Gasteiger partial charge in [-0.1, -0.05) is 29.8 Å². The first-order chi connectivity index (χ1) is 12.4. The van der Waals surface area contributed by atoms with Gasteiger partial charge in [0.25, 0.3) is 0 Å². The normalized spacial score (nSPS) is 19.3. The fourth-order valence-corrected chi connectivity index (χ4v) is 3.18. The molecule has 0 saturated carbocycles. The van der Waals surface area contributed by atoms with Crippen molar-refractivity contribution in [3.63, 3.8) is 0 Å². The minimum absolute atomic E-state index is 0.296. The molecule has 26 heavy (non-hydrogen) atoms. The number of hydrogen-bond acceptors (Lipinski definition) is 3. The average molecular weight is 378 g/mol. The molecule has 1 heterocycles. The van der Waals surface area contributed by atoms with Gasteiger partial charge in [0.2, 0.25) is 5.91 Å². The van der Waals surface area contributed by atoms with Crippen molar-refractivity contribution in [3.8, 4) is 0 Å². The first-order valence-corrected chi connectivity index (χ1v) is 8.47. The second kappa shape index (κ2) is 7.70. The maximum Gasteiger partial charge on any atom is 0.307 e. The number of carbonyl (C=O) groups excluding carboxylic acids is 1. The molecule has 0 bridgehead atoms. The van der Waals surface area contributed by atoms with Crippen molar-refractivity contribution in [2.45, 2.75) is 19.4 Å². The largest absolute Gasteiger partial charge is 0.481 e. The lowest BCUT2D eigenvalue weighted by molar-refractivity contribution is -0.146. The summed E-state index contributed by atoms with van der Waals surface area (Å²) in [5.41, 5.74) is 1.16. The molecule has 1 amide bonds. The second-order valence-corrected chi connectivity index (χ2v) is 6.55. The summed E-state index contributed by atoms with van der Waals surface area (Å²) in [6.07, 6.45) is 7.43. The maximum absolute atomic E-state index is 13.1. The van der Waals surface area contributed by atoms with Gasteiger partial charge in [0.05, 0.1) is 30.3 Å². The van der Waals surface area contributed by atoms with Gasteiger partial charge >= 0.3 is 5.97 Å². The van der Waals surface area contributed by atoms with Crippen LogP contribution >= 0.6 is 11.6 Å². The summed E-state index contributed by atoms with van der Waals surface area (Å²) in [7, 11) is 0. The van der Waals surface area contributed by atoms with Gasteiger partial charge in [0.15, 0.2) is 0 Å². The van der Waals surface area contributed by atoms with E-state index in [4.69, 9.17) is 11.6 Å². The van der Waals surface area contributed by atoms with Gasteiger partial charge in [0, 0.05) is 11.2 Å². The Balaban J connectivity index is 1.67. The summed E-state index contributed by atoms with van der Waals surface area (Å²) in [4.78, 5) is 23.7. The van der Waals surface area contributed by atoms with Crippen LogP contribution in [0.25, 0.3) is 0 Å². The molecule has 1 aliphatic carbocycles. The molecular weight excluding hydrogens is 361 g/mol. The van der Waals surface area contributed by atoms with E-state index >= 15 is 0 Å². The topological polar surface area (TPSA) is 84.2 Å². The predicted octanol–water partition coefficient (Wildman–Crippen LogP) is 3.33. The molecule has 2 atom stereocenters. The Morgan fingerprint density at radius 3 is 2.73 bits per heavy atom. The Morgan fingerprint density at radius 2 is 2.04 bits per heavy atom. The zero-order valence-electron chi connectivity index (χ0n) is 13.7. The van der Waals surface area contributed by atoms with E-state index in [1.54, 1.807) is 23.0 Å². The molecule has 0 aliphatic heterocycles. The first kappa shape index (κ1) is 18.1. The second-order valence-electron chi connectivity index (χ2n) is 6.15. The molecule has 0 spiro atoms. The number of carboxylic acid groups (broad SMARTS) is 1. The summed E-state index contributed by atoms with van der Waals surface area (Å²) < 4.78 is 14.7. The molecule has 2 aromatic rings. The Kier molecular flexibility index (Phi) is 5.37. The van der Waals surface area contributed by atoms with Gasteiger partial charge in [-0.3, -0.25) is 14.3 Å². The Bertz CT molecular complexity index is 865. The SMILES string of the molecule is O=C(O)[C@H]1CC=CC[C@H]1C(=O)Nc1cnn(Cc2ccc(F)cc2Cl)c1. The number of hydrogen-bond donors (Lipinski definition) is 2. The van der Waals surface area contributed by atoms with E-state index in [0.29, 0.717) is 35.7 Å². The van der Waals surface area contributed by atoms with Gasteiger partial charge in [-0.2, -0.15) is 5.10 Å². The number of aliphatic carboxylic acids is 1. The summed E-state index contributed by atoms with van der Waals surface area (Å²) in [5, 5.41) is 16.4. The van der Waals surface area contributed by atoms with E-state index in [0.717, 1.165) is 0 Å². The number of carboxylic acids is 1. The van der Waals surface area contributed by atoms with Gasteiger partial charge in [-0.05, 0) is 30.5 Å². The molecule has 0 radical (unpaired) electrons. The zero-order valence-corrected chi connectivity index (χ0v) is 14.5. The van der Waals surface area contributed by atoms with E-state index in [9.17, 15) is 19.1 Å². The third-order valence-electron chi connectivity index (χ3n) is 4.33. The Morgan fingerprint density at radius 1 is 1.31 bits per heavy atom. The molecule has 8 heteroatoms. The number of anilines is 1. The van der Waals surface area contributed by atoms with Crippen LogP contribution in [0.1, 0.15) is 18.4 Å². The fraction of sp³-hybridized carbons (Fsp3) is 0.278. The number of allylic oxidation sites excluding steroid dienone is 2. The maximum atomic E-state index is 13.1. The van der Waals surface area contributed by atoms with Crippen molar-refractivity contribution in [1.82, 2.24) is 9.78 Å². The van der Waals surface area contributed by atoms with Crippen molar-refractivity contribution < 1.29 is 19.1 Å². The lowest BCUT2D eigenvalue weighted by atomic mass is 9.82. The van der Waals surface area contributed by atoms with E-state index in [2.05, 4.69) is 10.4 Å². The average Bonchev–Trinajstić information content (AvgIpc) is 3.04. The lowest BCUT2D eigenvalue weighted by Crippen LogP contribution is -2.34. The summed E-state index contributed by atoms with van der Waals surface area (Å²) in [6.45, 7) is 0.318. The quantitative estimate of drug-likeness (QED) is 0.783. The number of nitrogens with zero attached hydrogens (tertiary/aromatic N) is 2. The number of nitrogens with one attached hydrogen (secondary N) is 1. The number of carbonyl (C=O) groups is 2. The van der Waals surface area contributed by atoms with Gasteiger partial charge < -0.3 is 10.4 Å². The highest BCUT2D eigenvalue weighted by Crippen LogP contribution is 2.27.